The van der Waals surface area contributed by atoms with Gasteiger partial charge in [-0.1, -0.05) is 32.3 Å². The SMILES string of the molecule is CCCCCC[C@@H]1CC=CC(=O)O1. The van der Waals surface area contributed by atoms with Gasteiger partial charge in [0.05, 0.1) is 0 Å². The maximum Gasteiger partial charge on any atom is 0.330 e. The van der Waals surface area contributed by atoms with Gasteiger partial charge in [-0.2, -0.15) is 0 Å². The molecule has 0 N–H and O–H groups in total. The minimum atomic E-state index is -0.174. The zero-order valence-electron chi connectivity index (χ0n) is 8.29. The summed E-state index contributed by atoms with van der Waals surface area (Å²) in [6.45, 7) is 2.20. The number of carbonyl (C=O) groups excluding carboxylic acids is 1. The van der Waals surface area contributed by atoms with E-state index in [-0.39, 0.29) is 12.1 Å². The zero-order chi connectivity index (χ0) is 9.52. The molecule has 1 rings (SSSR count). The molecule has 0 aliphatic carbocycles. The molecule has 0 aromatic heterocycles. The first-order chi connectivity index (χ1) is 6.33. The Kier molecular flexibility index (Phi) is 4.58. The lowest BCUT2D eigenvalue weighted by Gasteiger charge is -2.18. The summed E-state index contributed by atoms with van der Waals surface area (Å²) in [7, 11) is 0. The Labute approximate surface area is 80.0 Å². The van der Waals surface area contributed by atoms with Crippen LogP contribution in [0.5, 0.6) is 0 Å². The van der Waals surface area contributed by atoms with Crippen molar-refractivity contribution in [3.63, 3.8) is 0 Å². The number of hydrogen-bond donors (Lipinski definition) is 0. The summed E-state index contributed by atoms with van der Waals surface area (Å²) >= 11 is 0. The number of ether oxygens (including phenoxy) is 1. The number of rotatable bonds is 5. The molecular weight excluding hydrogens is 164 g/mol. The van der Waals surface area contributed by atoms with Crippen LogP contribution in [0, 0.1) is 0 Å². The van der Waals surface area contributed by atoms with Crippen LogP contribution in [0.2, 0.25) is 0 Å². The summed E-state index contributed by atoms with van der Waals surface area (Å²) in [4.78, 5) is 10.9. The molecule has 74 valence electrons. The molecule has 0 radical (unpaired) electrons. The van der Waals surface area contributed by atoms with Crippen LogP contribution in [0.3, 0.4) is 0 Å². The van der Waals surface area contributed by atoms with Gasteiger partial charge in [0.2, 0.25) is 0 Å². The lowest BCUT2D eigenvalue weighted by Crippen LogP contribution is -2.19. The van der Waals surface area contributed by atoms with Gasteiger partial charge in [-0.25, -0.2) is 4.79 Å². The van der Waals surface area contributed by atoms with E-state index in [2.05, 4.69) is 6.92 Å². The maximum absolute atomic E-state index is 10.9. The van der Waals surface area contributed by atoms with E-state index < -0.39 is 0 Å². The first-order valence-corrected chi connectivity index (χ1v) is 5.20. The van der Waals surface area contributed by atoms with Crippen molar-refractivity contribution in [3.05, 3.63) is 12.2 Å². The number of esters is 1. The third-order valence-electron chi connectivity index (χ3n) is 2.32. The summed E-state index contributed by atoms with van der Waals surface area (Å²) in [6.07, 6.45) is 10.5. The van der Waals surface area contributed by atoms with Gasteiger partial charge in [0, 0.05) is 12.5 Å². The van der Waals surface area contributed by atoms with Crippen LogP contribution in [0.15, 0.2) is 12.2 Å². The van der Waals surface area contributed by atoms with E-state index in [1.54, 1.807) is 0 Å². The van der Waals surface area contributed by atoms with Gasteiger partial charge >= 0.3 is 5.97 Å². The largest absolute Gasteiger partial charge is 0.459 e. The minimum absolute atomic E-state index is 0.148. The molecule has 0 saturated heterocycles. The normalized spacial score (nSPS) is 21.6. The molecular formula is C11H18O2. The molecule has 1 heterocycles. The van der Waals surface area contributed by atoms with Crippen molar-refractivity contribution >= 4 is 5.97 Å². The third kappa shape index (κ3) is 4.11. The lowest BCUT2D eigenvalue weighted by atomic mass is 10.1. The van der Waals surface area contributed by atoms with Gasteiger partial charge in [0.15, 0.2) is 0 Å². The highest BCUT2D eigenvalue weighted by Gasteiger charge is 2.14. The van der Waals surface area contributed by atoms with Gasteiger partial charge in [-0.15, -0.1) is 0 Å². The molecule has 1 aliphatic heterocycles. The van der Waals surface area contributed by atoms with Crippen LogP contribution in [0.4, 0.5) is 0 Å². The van der Waals surface area contributed by atoms with Crippen LogP contribution in [0.1, 0.15) is 45.4 Å². The number of hydrogen-bond acceptors (Lipinski definition) is 2. The van der Waals surface area contributed by atoms with Crippen molar-refractivity contribution in [1.29, 1.82) is 0 Å². The second-order valence-corrected chi connectivity index (χ2v) is 3.55. The highest BCUT2D eigenvalue weighted by atomic mass is 16.5. The van der Waals surface area contributed by atoms with E-state index in [1.807, 2.05) is 6.08 Å². The summed E-state index contributed by atoms with van der Waals surface area (Å²) in [5.41, 5.74) is 0. The van der Waals surface area contributed by atoms with Crippen LogP contribution >= 0.6 is 0 Å². The van der Waals surface area contributed by atoms with E-state index in [1.165, 1.54) is 31.8 Å². The molecule has 1 aliphatic rings. The fraction of sp³-hybridized carbons (Fsp3) is 0.727. The standard InChI is InChI=1S/C11H18O2/c1-2-3-4-5-7-10-8-6-9-11(12)13-10/h6,9-10H,2-5,7-8H2,1H3/t10-/m1/s1. The molecule has 2 nitrogen and oxygen atoms in total. The molecule has 0 aromatic carbocycles. The number of unbranched alkanes of at least 4 members (excludes halogenated alkanes) is 3. The quantitative estimate of drug-likeness (QED) is 0.482. The second kappa shape index (κ2) is 5.79. The molecule has 0 amide bonds. The Morgan fingerprint density at radius 1 is 1.46 bits per heavy atom. The van der Waals surface area contributed by atoms with E-state index in [0.717, 1.165) is 12.8 Å². The van der Waals surface area contributed by atoms with Crippen molar-refractivity contribution in [2.24, 2.45) is 0 Å². The topological polar surface area (TPSA) is 26.3 Å². The third-order valence-corrected chi connectivity index (χ3v) is 2.32. The van der Waals surface area contributed by atoms with E-state index >= 15 is 0 Å². The molecule has 0 bridgehead atoms. The van der Waals surface area contributed by atoms with Gasteiger partial charge in [-0.3, -0.25) is 0 Å². The summed E-state index contributed by atoms with van der Waals surface area (Å²) in [5.74, 6) is -0.174. The molecule has 2 heteroatoms. The smallest absolute Gasteiger partial charge is 0.330 e. The Morgan fingerprint density at radius 2 is 2.31 bits per heavy atom. The first-order valence-electron chi connectivity index (χ1n) is 5.20. The average molecular weight is 182 g/mol. The number of carbonyl (C=O) groups is 1. The molecule has 0 fully saturated rings. The van der Waals surface area contributed by atoms with Gasteiger partial charge in [0.1, 0.15) is 6.10 Å². The average Bonchev–Trinajstić information content (AvgIpc) is 2.13. The first kappa shape index (κ1) is 10.3. The zero-order valence-corrected chi connectivity index (χ0v) is 8.29. The second-order valence-electron chi connectivity index (χ2n) is 3.55. The highest BCUT2D eigenvalue weighted by molar-refractivity contribution is 5.82. The minimum Gasteiger partial charge on any atom is -0.459 e. The predicted octanol–water partition coefficient (Wildman–Crippen LogP) is 2.83. The highest BCUT2D eigenvalue weighted by Crippen LogP contribution is 2.15. The van der Waals surface area contributed by atoms with Gasteiger partial charge < -0.3 is 4.74 Å². The monoisotopic (exact) mass is 182 g/mol. The Balaban J connectivity index is 2.08. The molecule has 13 heavy (non-hydrogen) atoms. The fourth-order valence-electron chi connectivity index (χ4n) is 1.54. The van der Waals surface area contributed by atoms with Crippen molar-refractivity contribution in [1.82, 2.24) is 0 Å². The van der Waals surface area contributed by atoms with E-state index in [0.29, 0.717) is 0 Å². The Morgan fingerprint density at radius 3 is 3.00 bits per heavy atom. The van der Waals surface area contributed by atoms with Crippen LogP contribution in [-0.4, -0.2) is 12.1 Å². The van der Waals surface area contributed by atoms with Crippen molar-refractivity contribution in [2.45, 2.75) is 51.6 Å². The maximum atomic E-state index is 10.9. The van der Waals surface area contributed by atoms with E-state index in [4.69, 9.17) is 4.74 Å². The molecule has 0 unspecified atom stereocenters. The summed E-state index contributed by atoms with van der Waals surface area (Å²) in [5, 5.41) is 0. The van der Waals surface area contributed by atoms with Crippen LogP contribution < -0.4 is 0 Å². The molecule has 0 spiro atoms. The number of cyclic esters (lactones) is 1. The fourth-order valence-corrected chi connectivity index (χ4v) is 1.54. The van der Waals surface area contributed by atoms with Crippen molar-refractivity contribution < 1.29 is 9.53 Å². The van der Waals surface area contributed by atoms with Crippen LogP contribution in [-0.2, 0) is 9.53 Å². The van der Waals surface area contributed by atoms with Crippen LogP contribution in [0.25, 0.3) is 0 Å². The van der Waals surface area contributed by atoms with Crippen molar-refractivity contribution in [3.8, 4) is 0 Å². The predicted molar refractivity (Wildman–Crippen MR) is 52.4 cm³/mol. The van der Waals surface area contributed by atoms with Gasteiger partial charge in [-0.05, 0) is 12.8 Å². The Hall–Kier alpha value is -0.790. The van der Waals surface area contributed by atoms with E-state index in [9.17, 15) is 4.79 Å². The van der Waals surface area contributed by atoms with Crippen molar-refractivity contribution in [2.75, 3.05) is 0 Å². The molecule has 1 atom stereocenters. The summed E-state index contributed by atoms with van der Waals surface area (Å²) < 4.78 is 5.14. The molecule has 0 saturated carbocycles. The Bertz CT molecular complexity index is 185. The summed E-state index contributed by atoms with van der Waals surface area (Å²) in [6, 6.07) is 0. The van der Waals surface area contributed by atoms with Gasteiger partial charge in [0.25, 0.3) is 0 Å². The lowest BCUT2D eigenvalue weighted by molar-refractivity contribution is -0.144. The molecule has 0 aromatic rings.